The van der Waals surface area contributed by atoms with Gasteiger partial charge in [0.05, 0.1) is 30.4 Å². The molecular weight excluding hydrogens is 439 g/mol. The Hall–Kier alpha value is -4.21. The number of nitrogens with one attached hydrogen (secondary N) is 1. The highest BCUT2D eigenvalue weighted by Crippen LogP contribution is 2.33. The lowest BCUT2D eigenvalue weighted by atomic mass is 10.1. The van der Waals surface area contributed by atoms with Crippen molar-refractivity contribution < 1.29 is 18.7 Å². The van der Waals surface area contributed by atoms with Crippen molar-refractivity contribution in [2.75, 3.05) is 19.0 Å². The Balaban J connectivity index is 1.68. The molecule has 0 atom stereocenters. The summed E-state index contributed by atoms with van der Waals surface area (Å²) in [6, 6.07) is 12.3. The number of benzene rings is 2. The third-order valence-electron chi connectivity index (χ3n) is 5.66. The molecule has 1 aliphatic heterocycles. The van der Waals surface area contributed by atoms with Crippen molar-refractivity contribution >= 4 is 22.8 Å². The van der Waals surface area contributed by atoms with E-state index in [0.29, 0.717) is 24.8 Å². The maximum atomic E-state index is 14.4. The van der Waals surface area contributed by atoms with Gasteiger partial charge >= 0.3 is 6.01 Å². The molecule has 9 nitrogen and oxygen atoms in total. The summed E-state index contributed by atoms with van der Waals surface area (Å²) in [6.45, 7) is 1.08. The first kappa shape index (κ1) is 21.6. The zero-order valence-corrected chi connectivity index (χ0v) is 18.5. The zero-order valence-electron chi connectivity index (χ0n) is 18.5. The van der Waals surface area contributed by atoms with Gasteiger partial charge in [-0.1, -0.05) is 30.3 Å². The second-order valence-electron chi connectivity index (χ2n) is 7.92. The molecule has 0 spiro atoms. The van der Waals surface area contributed by atoms with Gasteiger partial charge in [0.2, 0.25) is 11.8 Å². The number of aromatic nitrogens is 4. The van der Waals surface area contributed by atoms with Crippen LogP contribution in [0.15, 0.2) is 42.5 Å². The number of hydrogen-bond donors (Lipinski definition) is 2. The number of carbonyl (C=O) groups is 1. The SMILES string of the molecule is COc1nc2c(C(N)=O)cc(F)cc2n1-c1nc(NCc2ccccc2)c2c(n1)OCCCC2. The fourth-order valence-electron chi connectivity index (χ4n) is 4.04. The number of anilines is 1. The summed E-state index contributed by atoms with van der Waals surface area (Å²) in [5.74, 6) is -0.196. The highest BCUT2D eigenvalue weighted by atomic mass is 19.1. The maximum Gasteiger partial charge on any atom is 0.304 e. The predicted octanol–water partition coefficient (Wildman–Crippen LogP) is 3.39. The smallest absolute Gasteiger partial charge is 0.304 e. The molecule has 0 radical (unpaired) electrons. The molecule has 34 heavy (non-hydrogen) atoms. The van der Waals surface area contributed by atoms with Crippen molar-refractivity contribution in [3.05, 3.63) is 65.0 Å². The highest BCUT2D eigenvalue weighted by molar-refractivity contribution is 6.04. The number of methoxy groups -OCH3 is 1. The highest BCUT2D eigenvalue weighted by Gasteiger charge is 2.24. The van der Waals surface area contributed by atoms with Crippen LogP contribution in [-0.4, -0.2) is 39.1 Å². The molecule has 10 heteroatoms. The van der Waals surface area contributed by atoms with E-state index in [0.717, 1.165) is 36.5 Å². The average Bonchev–Trinajstić information content (AvgIpc) is 3.03. The van der Waals surface area contributed by atoms with Crippen molar-refractivity contribution in [2.45, 2.75) is 25.8 Å². The molecule has 1 amide bonds. The maximum absolute atomic E-state index is 14.4. The number of hydrogen-bond acceptors (Lipinski definition) is 7. The summed E-state index contributed by atoms with van der Waals surface area (Å²) < 4.78 is 27.2. The van der Waals surface area contributed by atoms with Gasteiger partial charge in [0.1, 0.15) is 17.2 Å². The second-order valence-corrected chi connectivity index (χ2v) is 7.92. The molecule has 5 rings (SSSR count). The lowest BCUT2D eigenvalue weighted by Crippen LogP contribution is -2.13. The van der Waals surface area contributed by atoms with Crippen LogP contribution in [0.2, 0.25) is 0 Å². The molecule has 1 aliphatic rings. The first-order chi connectivity index (χ1) is 16.5. The number of ether oxygens (including phenoxy) is 2. The van der Waals surface area contributed by atoms with Gasteiger partial charge in [-0.3, -0.25) is 4.79 Å². The second kappa shape index (κ2) is 8.97. The summed E-state index contributed by atoms with van der Waals surface area (Å²) in [5, 5.41) is 3.39. The Kier molecular flexibility index (Phi) is 5.70. The fraction of sp³-hybridized carbons (Fsp3) is 0.250. The van der Waals surface area contributed by atoms with Crippen molar-refractivity contribution in [2.24, 2.45) is 5.73 Å². The van der Waals surface area contributed by atoms with Crippen LogP contribution in [0, 0.1) is 5.82 Å². The summed E-state index contributed by atoms with van der Waals surface area (Å²) in [4.78, 5) is 25.7. The quantitative estimate of drug-likeness (QED) is 0.451. The molecule has 0 saturated heterocycles. The van der Waals surface area contributed by atoms with Gasteiger partial charge in [-0.15, -0.1) is 0 Å². The molecule has 2 aromatic heterocycles. The number of primary amides is 1. The van der Waals surface area contributed by atoms with Gasteiger partial charge < -0.3 is 20.5 Å². The standard InChI is InChI=1S/C24H23FN6O3/c1-33-24-28-19-17(20(26)32)11-15(25)12-18(19)31(24)23-29-21(27-13-14-7-3-2-4-8-14)16-9-5-6-10-34-22(16)30-23/h2-4,7-8,11-12H,5-6,9-10,13H2,1H3,(H2,26,32)(H,27,29,30). The third-order valence-corrected chi connectivity index (χ3v) is 5.66. The number of fused-ring (bicyclic) bond motifs is 2. The van der Waals surface area contributed by atoms with E-state index in [-0.39, 0.29) is 28.6 Å². The predicted molar refractivity (Wildman–Crippen MR) is 124 cm³/mol. The number of imidazole rings is 1. The van der Waals surface area contributed by atoms with Crippen molar-refractivity contribution in [1.82, 2.24) is 19.5 Å². The van der Waals surface area contributed by atoms with Crippen LogP contribution in [0.1, 0.15) is 34.3 Å². The van der Waals surface area contributed by atoms with Gasteiger partial charge in [0.25, 0.3) is 5.91 Å². The summed E-state index contributed by atoms with van der Waals surface area (Å²) in [5.41, 5.74) is 7.83. The Morgan fingerprint density at radius 1 is 1.21 bits per heavy atom. The van der Waals surface area contributed by atoms with E-state index in [1.165, 1.54) is 17.7 Å². The van der Waals surface area contributed by atoms with Gasteiger partial charge in [-0.2, -0.15) is 15.0 Å². The van der Waals surface area contributed by atoms with Crippen molar-refractivity contribution in [3.8, 4) is 17.8 Å². The molecule has 0 unspecified atom stereocenters. The number of amides is 1. The first-order valence-corrected chi connectivity index (χ1v) is 10.9. The van der Waals surface area contributed by atoms with Gasteiger partial charge in [0.15, 0.2) is 0 Å². The zero-order chi connectivity index (χ0) is 23.7. The minimum Gasteiger partial charge on any atom is -0.477 e. The Morgan fingerprint density at radius 2 is 2.03 bits per heavy atom. The Labute approximate surface area is 194 Å². The summed E-state index contributed by atoms with van der Waals surface area (Å²) in [6.07, 6.45) is 2.60. The molecule has 0 fully saturated rings. The van der Waals surface area contributed by atoms with Gasteiger partial charge in [0, 0.05) is 12.6 Å². The van der Waals surface area contributed by atoms with E-state index < -0.39 is 11.7 Å². The van der Waals surface area contributed by atoms with Crippen LogP contribution in [0.4, 0.5) is 10.2 Å². The van der Waals surface area contributed by atoms with Crippen molar-refractivity contribution in [3.63, 3.8) is 0 Å². The monoisotopic (exact) mass is 462 g/mol. The minimum absolute atomic E-state index is 0.0551. The van der Waals surface area contributed by atoms with Crippen LogP contribution in [0.5, 0.6) is 11.9 Å². The van der Waals surface area contributed by atoms with Crippen LogP contribution in [0.25, 0.3) is 17.0 Å². The number of nitrogens with two attached hydrogens (primary N) is 1. The van der Waals surface area contributed by atoms with E-state index in [1.807, 2.05) is 30.3 Å². The van der Waals surface area contributed by atoms with Crippen LogP contribution in [0.3, 0.4) is 0 Å². The number of rotatable bonds is 6. The molecule has 4 aromatic rings. The number of carbonyl (C=O) groups excluding carboxylic acids is 1. The number of nitrogens with zero attached hydrogens (tertiary/aromatic N) is 4. The van der Waals surface area contributed by atoms with Crippen LogP contribution in [-0.2, 0) is 13.0 Å². The van der Waals surface area contributed by atoms with Crippen LogP contribution >= 0.6 is 0 Å². The fourth-order valence-corrected chi connectivity index (χ4v) is 4.04. The third kappa shape index (κ3) is 3.98. The molecular formula is C24H23FN6O3. The Bertz CT molecular complexity index is 1370. The molecule has 2 aromatic carbocycles. The van der Waals surface area contributed by atoms with Gasteiger partial charge in [-0.05, 0) is 30.9 Å². The molecule has 0 bridgehead atoms. The largest absolute Gasteiger partial charge is 0.477 e. The number of halogens is 1. The first-order valence-electron chi connectivity index (χ1n) is 10.9. The minimum atomic E-state index is -0.798. The molecule has 3 N–H and O–H groups in total. The summed E-state index contributed by atoms with van der Waals surface area (Å²) in [7, 11) is 1.42. The molecule has 0 aliphatic carbocycles. The van der Waals surface area contributed by atoms with E-state index in [4.69, 9.17) is 20.2 Å². The molecule has 0 saturated carbocycles. The van der Waals surface area contributed by atoms with Crippen LogP contribution < -0.4 is 20.5 Å². The molecule has 174 valence electrons. The van der Waals surface area contributed by atoms with Crippen molar-refractivity contribution in [1.29, 1.82) is 0 Å². The summed E-state index contributed by atoms with van der Waals surface area (Å²) >= 11 is 0. The lowest BCUT2D eigenvalue weighted by Gasteiger charge is -2.16. The topological polar surface area (TPSA) is 117 Å². The van der Waals surface area contributed by atoms with E-state index >= 15 is 0 Å². The molecule has 3 heterocycles. The normalized spacial score (nSPS) is 13.1. The van der Waals surface area contributed by atoms with Gasteiger partial charge in [-0.25, -0.2) is 8.96 Å². The Morgan fingerprint density at radius 3 is 2.79 bits per heavy atom. The average molecular weight is 462 g/mol. The van der Waals surface area contributed by atoms with E-state index in [9.17, 15) is 9.18 Å². The van der Waals surface area contributed by atoms with E-state index in [2.05, 4.69) is 15.3 Å². The lowest BCUT2D eigenvalue weighted by molar-refractivity contribution is 0.100. The van der Waals surface area contributed by atoms with E-state index in [1.54, 1.807) is 0 Å².